The molecule has 2 aromatic carbocycles. The van der Waals surface area contributed by atoms with Gasteiger partial charge < -0.3 is 9.64 Å². The van der Waals surface area contributed by atoms with Gasteiger partial charge in [-0.25, -0.2) is 0 Å². The first-order valence-electron chi connectivity index (χ1n) is 10.0. The van der Waals surface area contributed by atoms with Gasteiger partial charge in [-0.2, -0.15) is 0 Å². The number of ether oxygens (including phenoxy) is 1. The van der Waals surface area contributed by atoms with Crippen molar-refractivity contribution in [2.45, 2.75) is 52.0 Å². The fraction of sp³-hybridized carbons (Fsp3) is 0.435. The molecule has 0 spiro atoms. The molecule has 1 unspecified atom stereocenters. The van der Waals surface area contributed by atoms with Crippen molar-refractivity contribution in [1.82, 2.24) is 0 Å². The van der Waals surface area contributed by atoms with Gasteiger partial charge in [-0.3, -0.25) is 15.1 Å². The summed E-state index contributed by atoms with van der Waals surface area (Å²) in [5.41, 5.74) is 4.28. The van der Waals surface area contributed by atoms with Gasteiger partial charge in [-0.05, 0) is 56.4 Å². The second-order valence-electron chi connectivity index (χ2n) is 8.25. The van der Waals surface area contributed by atoms with Gasteiger partial charge in [-0.1, -0.05) is 13.8 Å². The quantitative estimate of drug-likeness (QED) is 0.349. The molecule has 6 heteroatoms. The number of methoxy groups -OCH3 is 1. The Bertz CT molecular complexity index is 920. The summed E-state index contributed by atoms with van der Waals surface area (Å²) in [6.07, 6.45) is 3.95. The molecule has 0 aromatic heterocycles. The summed E-state index contributed by atoms with van der Waals surface area (Å²) in [6, 6.07) is 10.5. The zero-order chi connectivity index (χ0) is 21.2. The fourth-order valence-corrected chi connectivity index (χ4v) is 4.26. The van der Waals surface area contributed by atoms with Crippen molar-refractivity contribution in [2.24, 2.45) is 4.99 Å². The first-order chi connectivity index (χ1) is 13.8. The van der Waals surface area contributed by atoms with Crippen LogP contribution in [0.1, 0.15) is 57.6 Å². The fourth-order valence-electron chi connectivity index (χ4n) is 4.26. The number of nitro groups is 1. The van der Waals surface area contributed by atoms with Crippen LogP contribution in [-0.4, -0.2) is 30.3 Å². The third-order valence-corrected chi connectivity index (χ3v) is 5.60. The van der Waals surface area contributed by atoms with Crippen LogP contribution < -0.4 is 9.64 Å². The predicted molar refractivity (Wildman–Crippen MR) is 118 cm³/mol. The van der Waals surface area contributed by atoms with Crippen LogP contribution in [0.15, 0.2) is 41.4 Å². The van der Waals surface area contributed by atoms with E-state index >= 15 is 0 Å². The molecular weight excluding hydrogens is 366 g/mol. The van der Waals surface area contributed by atoms with Crippen molar-refractivity contribution in [2.75, 3.05) is 18.6 Å². The number of benzene rings is 2. The highest BCUT2D eigenvalue weighted by Gasteiger charge is 2.36. The highest BCUT2D eigenvalue weighted by Crippen LogP contribution is 2.45. The molecule has 0 amide bonds. The maximum atomic E-state index is 10.8. The monoisotopic (exact) mass is 395 g/mol. The van der Waals surface area contributed by atoms with Gasteiger partial charge in [0.05, 0.1) is 17.7 Å². The van der Waals surface area contributed by atoms with E-state index < -0.39 is 4.92 Å². The molecule has 6 nitrogen and oxygen atoms in total. The lowest BCUT2D eigenvalue weighted by atomic mass is 9.79. The smallest absolute Gasteiger partial charge is 0.269 e. The predicted octanol–water partition coefficient (Wildman–Crippen LogP) is 5.86. The van der Waals surface area contributed by atoms with E-state index in [9.17, 15) is 10.1 Å². The van der Waals surface area contributed by atoms with E-state index in [0.717, 1.165) is 30.7 Å². The molecule has 0 saturated heterocycles. The second kappa shape index (κ2) is 8.23. The van der Waals surface area contributed by atoms with Crippen LogP contribution in [0.4, 0.5) is 17.1 Å². The number of fused-ring (bicyclic) bond motifs is 1. The molecule has 0 saturated carbocycles. The lowest BCUT2D eigenvalue weighted by Crippen LogP contribution is -2.48. The van der Waals surface area contributed by atoms with Crippen LogP contribution in [0.2, 0.25) is 0 Å². The summed E-state index contributed by atoms with van der Waals surface area (Å²) < 4.78 is 5.67. The topological polar surface area (TPSA) is 68.0 Å². The lowest BCUT2D eigenvalue weighted by Gasteiger charge is -2.47. The molecule has 1 heterocycles. The Labute approximate surface area is 172 Å². The van der Waals surface area contributed by atoms with Crippen LogP contribution in [0.3, 0.4) is 0 Å². The number of hydrogen-bond acceptors (Lipinski definition) is 5. The zero-order valence-electron chi connectivity index (χ0n) is 17.8. The van der Waals surface area contributed by atoms with Gasteiger partial charge in [0.2, 0.25) is 0 Å². The van der Waals surface area contributed by atoms with E-state index in [1.807, 2.05) is 0 Å². The minimum atomic E-state index is -0.412. The highest BCUT2D eigenvalue weighted by molar-refractivity contribution is 5.88. The number of anilines is 1. The summed E-state index contributed by atoms with van der Waals surface area (Å²) in [5.74, 6) is 1.21. The van der Waals surface area contributed by atoms with Gasteiger partial charge in [0.1, 0.15) is 5.75 Å². The van der Waals surface area contributed by atoms with Crippen molar-refractivity contribution >= 4 is 23.3 Å². The molecule has 2 aromatic rings. The number of nitrogens with zero attached hydrogens (tertiary/aromatic N) is 3. The van der Waals surface area contributed by atoms with Gasteiger partial charge >= 0.3 is 0 Å². The van der Waals surface area contributed by atoms with Gasteiger partial charge in [0.25, 0.3) is 5.69 Å². The largest absolute Gasteiger partial charge is 0.496 e. The van der Waals surface area contributed by atoms with Crippen LogP contribution in [0.25, 0.3) is 0 Å². The molecule has 0 N–H and O–H groups in total. The van der Waals surface area contributed by atoms with E-state index in [0.29, 0.717) is 11.6 Å². The average Bonchev–Trinajstić information content (AvgIpc) is 2.69. The van der Waals surface area contributed by atoms with Gasteiger partial charge in [0.15, 0.2) is 0 Å². The van der Waals surface area contributed by atoms with Crippen LogP contribution >= 0.6 is 0 Å². The van der Waals surface area contributed by atoms with Gasteiger partial charge in [-0.15, -0.1) is 0 Å². The summed E-state index contributed by atoms with van der Waals surface area (Å²) in [7, 11) is 1.67. The standard InChI is InChI=1S/C23H29N3O3/c1-6-11-25-21-13-22(29-5)17(12-20(21)16(2)14-23(25,3)4)15-24-18-7-9-19(10-8-18)26(27)28/h7-10,12-13,15-16H,6,11,14H2,1-5H3. The van der Waals surface area contributed by atoms with E-state index in [1.54, 1.807) is 25.5 Å². The minimum absolute atomic E-state index is 0.0581. The highest BCUT2D eigenvalue weighted by atomic mass is 16.6. The maximum Gasteiger partial charge on any atom is 0.269 e. The van der Waals surface area contributed by atoms with Gasteiger partial charge in [0, 0.05) is 47.7 Å². The number of non-ortho nitro benzene ring substituents is 1. The summed E-state index contributed by atoms with van der Waals surface area (Å²) in [6.45, 7) is 10.1. The Hall–Kier alpha value is -2.89. The Kier molecular flexibility index (Phi) is 5.91. The summed E-state index contributed by atoms with van der Waals surface area (Å²) in [4.78, 5) is 17.4. The summed E-state index contributed by atoms with van der Waals surface area (Å²) in [5, 5.41) is 10.8. The Morgan fingerprint density at radius 3 is 2.59 bits per heavy atom. The van der Waals surface area contributed by atoms with Crippen LogP contribution in [0, 0.1) is 10.1 Å². The van der Waals surface area contributed by atoms with E-state index in [1.165, 1.54) is 23.4 Å². The Morgan fingerprint density at radius 1 is 1.31 bits per heavy atom. The van der Waals surface area contributed by atoms with Crippen molar-refractivity contribution in [3.05, 3.63) is 57.6 Å². The third kappa shape index (κ3) is 4.26. The molecule has 3 rings (SSSR count). The molecule has 1 aliphatic heterocycles. The first-order valence-corrected chi connectivity index (χ1v) is 10.0. The Balaban J connectivity index is 1.99. The molecule has 0 radical (unpaired) electrons. The molecule has 1 aliphatic rings. The molecule has 154 valence electrons. The van der Waals surface area contributed by atoms with Crippen molar-refractivity contribution in [3.8, 4) is 5.75 Å². The van der Waals surface area contributed by atoms with Crippen LogP contribution in [0.5, 0.6) is 5.75 Å². The van der Waals surface area contributed by atoms with E-state index in [2.05, 4.69) is 49.7 Å². The lowest BCUT2D eigenvalue weighted by molar-refractivity contribution is -0.384. The van der Waals surface area contributed by atoms with Crippen molar-refractivity contribution < 1.29 is 9.66 Å². The van der Waals surface area contributed by atoms with Crippen molar-refractivity contribution in [3.63, 3.8) is 0 Å². The number of hydrogen-bond donors (Lipinski definition) is 0. The first kappa shape index (κ1) is 20.8. The zero-order valence-corrected chi connectivity index (χ0v) is 17.8. The average molecular weight is 396 g/mol. The molecule has 1 atom stereocenters. The maximum absolute atomic E-state index is 10.8. The molecule has 29 heavy (non-hydrogen) atoms. The third-order valence-electron chi connectivity index (χ3n) is 5.60. The molecule has 0 aliphatic carbocycles. The number of aliphatic imine (C=N–C) groups is 1. The minimum Gasteiger partial charge on any atom is -0.496 e. The Morgan fingerprint density at radius 2 is 2.00 bits per heavy atom. The van der Waals surface area contributed by atoms with Crippen molar-refractivity contribution in [1.29, 1.82) is 0 Å². The molecular formula is C23H29N3O3. The molecule has 0 bridgehead atoms. The SMILES string of the molecule is CCCN1c2cc(OC)c(C=Nc3ccc([N+](=O)[O-])cc3)cc2C(C)CC1(C)C. The normalized spacial score (nSPS) is 18.0. The summed E-state index contributed by atoms with van der Waals surface area (Å²) >= 11 is 0. The van der Waals surface area contributed by atoms with E-state index in [-0.39, 0.29) is 11.2 Å². The number of rotatable bonds is 6. The molecule has 0 fully saturated rings. The van der Waals surface area contributed by atoms with Crippen LogP contribution in [-0.2, 0) is 0 Å². The van der Waals surface area contributed by atoms with E-state index in [4.69, 9.17) is 4.74 Å². The second-order valence-corrected chi connectivity index (χ2v) is 8.25. The number of nitro benzene ring substituents is 1.